The molecule has 1 fully saturated rings. The minimum absolute atomic E-state index is 0.0414. The maximum atomic E-state index is 12.2. The van der Waals surface area contributed by atoms with E-state index < -0.39 is 0 Å². The molecule has 1 aliphatic rings. The molecule has 0 spiro atoms. The monoisotopic (exact) mass is 346 g/mol. The first-order valence-corrected chi connectivity index (χ1v) is 8.68. The highest BCUT2D eigenvalue weighted by Crippen LogP contribution is 2.20. The highest BCUT2D eigenvalue weighted by molar-refractivity contribution is 5.84. The summed E-state index contributed by atoms with van der Waals surface area (Å²) in [4.78, 5) is 15.5. The molecule has 1 amide bonds. The lowest BCUT2D eigenvalue weighted by molar-refractivity contribution is -0.147. The van der Waals surface area contributed by atoms with E-state index >= 15 is 0 Å². The summed E-state index contributed by atoms with van der Waals surface area (Å²) < 4.78 is 16.5. The third-order valence-corrected chi connectivity index (χ3v) is 4.88. The van der Waals surface area contributed by atoms with E-state index in [1.807, 2.05) is 24.4 Å². The zero-order valence-electron chi connectivity index (χ0n) is 14.8. The lowest BCUT2D eigenvalue weighted by Crippen LogP contribution is -2.50. The Bertz CT molecular complexity index is 700. The lowest BCUT2D eigenvalue weighted by Gasteiger charge is -2.36. The molecule has 6 nitrogen and oxygen atoms in total. The fourth-order valence-corrected chi connectivity index (χ4v) is 3.47. The average molecular weight is 346 g/mol. The first kappa shape index (κ1) is 17.9. The highest BCUT2D eigenvalue weighted by Gasteiger charge is 2.34. The van der Waals surface area contributed by atoms with E-state index in [0.29, 0.717) is 32.6 Å². The van der Waals surface area contributed by atoms with Gasteiger partial charge in [-0.3, -0.25) is 4.79 Å². The van der Waals surface area contributed by atoms with Gasteiger partial charge in [0, 0.05) is 50.2 Å². The minimum atomic E-state index is -0.0909. The van der Waals surface area contributed by atoms with E-state index in [0.717, 1.165) is 5.52 Å². The number of aromatic amines is 1. The van der Waals surface area contributed by atoms with Gasteiger partial charge < -0.3 is 24.5 Å². The summed E-state index contributed by atoms with van der Waals surface area (Å²) in [6, 6.07) is 8.13. The van der Waals surface area contributed by atoms with Crippen LogP contribution in [0.4, 0.5) is 0 Å². The zero-order valence-corrected chi connectivity index (χ0v) is 14.8. The minimum Gasteiger partial charge on any atom is -0.378 e. The van der Waals surface area contributed by atoms with E-state index in [1.165, 1.54) is 10.9 Å². The van der Waals surface area contributed by atoms with Gasteiger partial charge in [-0.05, 0) is 18.1 Å². The smallest absolute Gasteiger partial charge is 0.220 e. The van der Waals surface area contributed by atoms with Crippen molar-refractivity contribution in [1.82, 2.24) is 10.3 Å². The number of nitrogens with one attached hydrogen (secondary N) is 2. The number of hydrogen-bond acceptors (Lipinski definition) is 4. The van der Waals surface area contributed by atoms with Crippen molar-refractivity contribution in [3.63, 3.8) is 0 Å². The number of carbonyl (C=O) groups is 1. The number of aromatic nitrogens is 1. The number of amides is 1. The third kappa shape index (κ3) is 4.21. The molecule has 0 unspecified atom stereocenters. The van der Waals surface area contributed by atoms with Crippen molar-refractivity contribution >= 4 is 16.8 Å². The summed E-state index contributed by atoms with van der Waals surface area (Å²) in [6.07, 6.45) is 3.00. The maximum absolute atomic E-state index is 12.2. The van der Waals surface area contributed by atoms with Crippen LogP contribution in [0.3, 0.4) is 0 Å². The van der Waals surface area contributed by atoms with Crippen LogP contribution in [-0.2, 0) is 25.4 Å². The second-order valence-corrected chi connectivity index (χ2v) is 6.44. The Morgan fingerprint density at radius 1 is 1.28 bits per heavy atom. The molecule has 1 aromatic carbocycles. The summed E-state index contributed by atoms with van der Waals surface area (Å²) in [5, 5.41) is 4.19. The third-order valence-electron chi connectivity index (χ3n) is 4.88. The molecule has 1 aliphatic heterocycles. The molecule has 2 N–H and O–H groups in total. The quantitative estimate of drug-likeness (QED) is 0.803. The number of methoxy groups -OCH3 is 2. The topological polar surface area (TPSA) is 72.6 Å². The molecule has 0 bridgehead atoms. The number of carbonyl (C=O) groups excluding carboxylic acids is 1. The number of ether oxygens (including phenoxy) is 3. The van der Waals surface area contributed by atoms with Crippen LogP contribution in [0, 0.1) is 5.92 Å². The van der Waals surface area contributed by atoms with Gasteiger partial charge in [0.1, 0.15) is 6.10 Å². The van der Waals surface area contributed by atoms with Crippen LogP contribution >= 0.6 is 0 Å². The molecule has 25 heavy (non-hydrogen) atoms. The predicted molar refractivity (Wildman–Crippen MR) is 95.5 cm³/mol. The number of benzene rings is 1. The van der Waals surface area contributed by atoms with Gasteiger partial charge in [-0.25, -0.2) is 0 Å². The van der Waals surface area contributed by atoms with Gasteiger partial charge in [0.05, 0.1) is 19.3 Å². The molecular formula is C19H26N2O4. The van der Waals surface area contributed by atoms with Crippen LogP contribution in [-0.4, -0.2) is 57.1 Å². The summed E-state index contributed by atoms with van der Waals surface area (Å²) in [6.45, 7) is 1.63. The molecule has 0 aliphatic carbocycles. The Kier molecular flexibility index (Phi) is 6.07. The number of hydrogen-bond donors (Lipinski definition) is 2. The Morgan fingerprint density at radius 3 is 2.92 bits per heavy atom. The molecular weight excluding hydrogens is 320 g/mol. The first-order valence-electron chi connectivity index (χ1n) is 8.68. The molecule has 2 heterocycles. The highest BCUT2D eigenvalue weighted by atomic mass is 16.6. The molecule has 2 aromatic rings. The fraction of sp³-hybridized carbons (Fsp3) is 0.526. The maximum Gasteiger partial charge on any atom is 0.220 e. The predicted octanol–water partition coefficient (Wildman–Crippen LogP) is 1.89. The van der Waals surface area contributed by atoms with Crippen LogP contribution in [0.25, 0.3) is 10.9 Å². The molecule has 136 valence electrons. The molecule has 0 radical (unpaired) electrons. The zero-order chi connectivity index (χ0) is 17.6. The summed E-state index contributed by atoms with van der Waals surface area (Å²) in [5.74, 6) is 0.139. The van der Waals surface area contributed by atoms with Gasteiger partial charge in [0.2, 0.25) is 5.91 Å². The molecule has 1 aromatic heterocycles. The Hall–Kier alpha value is -1.89. The van der Waals surface area contributed by atoms with E-state index in [9.17, 15) is 4.79 Å². The second-order valence-electron chi connectivity index (χ2n) is 6.44. The molecule has 3 atom stereocenters. The largest absolute Gasteiger partial charge is 0.378 e. The number of H-pyrrole nitrogens is 1. The summed E-state index contributed by atoms with van der Waals surface area (Å²) in [5.41, 5.74) is 2.27. The van der Waals surface area contributed by atoms with Gasteiger partial charge in [-0.15, -0.1) is 0 Å². The van der Waals surface area contributed by atoms with E-state index in [1.54, 1.807) is 14.2 Å². The lowest BCUT2D eigenvalue weighted by atomic mass is 9.96. The van der Waals surface area contributed by atoms with Crippen molar-refractivity contribution in [3.05, 3.63) is 36.0 Å². The van der Waals surface area contributed by atoms with Crippen molar-refractivity contribution in [2.24, 2.45) is 5.92 Å². The number of aryl methyl sites for hydroxylation is 1. The standard InChI is InChI=1S/C19H26N2O4/c1-23-17-12-25-11-14(19(17)24-2)10-21-18(22)8-7-13-9-20-16-6-4-3-5-15(13)16/h3-6,9,14,17,19-20H,7-8,10-12H2,1-2H3,(H,21,22)/t14-,17-,19+/m1/s1. The first-order chi connectivity index (χ1) is 12.2. The van der Waals surface area contributed by atoms with Crippen molar-refractivity contribution in [2.45, 2.75) is 25.0 Å². The van der Waals surface area contributed by atoms with Crippen LogP contribution in [0.15, 0.2) is 30.5 Å². The van der Waals surface area contributed by atoms with Gasteiger partial charge in [-0.1, -0.05) is 18.2 Å². The molecule has 1 saturated heterocycles. The van der Waals surface area contributed by atoms with Gasteiger partial charge in [0.15, 0.2) is 0 Å². The Morgan fingerprint density at radius 2 is 2.12 bits per heavy atom. The van der Waals surface area contributed by atoms with Crippen molar-refractivity contribution < 1.29 is 19.0 Å². The van der Waals surface area contributed by atoms with Crippen LogP contribution in [0.5, 0.6) is 0 Å². The van der Waals surface area contributed by atoms with Gasteiger partial charge >= 0.3 is 0 Å². The normalized spacial score (nSPS) is 23.7. The fourth-order valence-electron chi connectivity index (χ4n) is 3.47. The number of rotatable bonds is 7. The number of para-hydroxylation sites is 1. The van der Waals surface area contributed by atoms with Crippen molar-refractivity contribution in [2.75, 3.05) is 34.0 Å². The van der Waals surface area contributed by atoms with Gasteiger partial charge in [0.25, 0.3) is 0 Å². The SMILES string of the molecule is CO[C@H]1[C@H](CNC(=O)CCc2c[nH]c3ccccc23)COC[C@H]1OC. The van der Waals surface area contributed by atoms with Crippen molar-refractivity contribution in [3.8, 4) is 0 Å². The molecule has 6 heteroatoms. The van der Waals surface area contributed by atoms with E-state index in [-0.39, 0.29) is 24.0 Å². The van der Waals surface area contributed by atoms with Crippen LogP contribution < -0.4 is 5.32 Å². The molecule has 0 saturated carbocycles. The van der Waals surface area contributed by atoms with E-state index in [4.69, 9.17) is 14.2 Å². The summed E-state index contributed by atoms with van der Waals surface area (Å²) >= 11 is 0. The van der Waals surface area contributed by atoms with Crippen LogP contribution in [0.1, 0.15) is 12.0 Å². The van der Waals surface area contributed by atoms with Gasteiger partial charge in [-0.2, -0.15) is 0 Å². The van der Waals surface area contributed by atoms with E-state index in [2.05, 4.69) is 16.4 Å². The second kappa shape index (κ2) is 8.47. The Labute approximate surface area is 147 Å². The Balaban J connectivity index is 1.49. The average Bonchev–Trinajstić information content (AvgIpc) is 3.07. The molecule has 3 rings (SSSR count). The number of fused-ring (bicyclic) bond motifs is 1. The van der Waals surface area contributed by atoms with Crippen molar-refractivity contribution in [1.29, 1.82) is 0 Å². The summed E-state index contributed by atoms with van der Waals surface area (Å²) in [7, 11) is 3.33. The van der Waals surface area contributed by atoms with Crippen LogP contribution in [0.2, 0.25) is 0 Å².